The summed E-state index contributed by atoms with van der Waals surface area (Å²) in [5.74, 6) is -0.279. The molecular weight excluding hydrogens is 381 g/mol. The van der Waals surface area contributed by atoms with Crippen LogP contribution in [-0.4, -0.2) is 48.1 Å². The lowest BCUT2D eigenvalue weighted by atomic mass is 10.1. The molecule has 0 atom stereocenters. The number of alkyl halides is 3. The molecule has 1 aromatic rings. The van der Waals surface area contributed by atoms with Crippen LogP contribution >= 0.6 is 11.8 Å². The molecule has 148 valence electrons. The minimum Gasteiger partial charge on any atom is -0.450 e. The highest BCUT2D eigenvalue weighted by Gasteiger charge is 2.29. The molecule has 0 unspecified atom stereocenters. The fraction of sp³-hybridized carbons (Fsp3) is 0.444. The fourth-order valence-corrected chi connectivity index (χ4v) is 3.16. The lowest BCUT2D eigenvalue weighted by Gasteiger charge is -2.31. The quantitative estimate of drug-likeness (QED) is 0.596. The van der Waals surface area contributed by atoms with Gasteiger partial charge >= 0.3 is 11.6 Å². The SMILES string of the molecule is CCOC(=O)N1CCC(NC(=O)/C=C/c2ccc(SC(F)(F)F)cc2)CC1. The van der Waals surface area contributed by atoms with E-state index in [1.54, 1.807) is 17.9 Å². The van der Waals surface area contributed by atoms with E-state index in [1.807, 2.05) is 0 Å². The molecule has 27 heavy (non-hydrogen) atoms. The summed E-state index contributed by atoms with van der Waals surface area (Å²) in [4.78, 5) is 25.3. The van der Waals surface area contributed by atoms with Gasteiger partial charge in [0.25, 0.3) is 0 Å². The van der Waals surface area contributed by atoms with Crippen LogP contribution in [0.15, 0.2) is 35.2 Å². The van der Waals surface area contributed by atoms with Crippen LogP contribution in [0.3, 0.4) is 0 Å². The number of likely N-dealkylation sites (tertiary alicyclic amines) is 1. The van der Waals surface area contributed by atoms with E-state index in [0.29, 0.717) is 38.1 Å². The number of benzene rings is 1. The smallest absolute Gasteiger partial charge is 0.446 e. The number of piperidine rings is 1. The summed E-state index contributed by atoms with van der Waals surface area (Å²) in [6.45, 7) is 3.12. The summed E-state index contributed by atoms with van der Waals surface area (Å²) in [7, 11) is 0. The van der Waals surface area contributed by atoms with Gasteiger partial charge in [0, 0.05) is 30.1 Å². The van der Waals surface area contributed by atoms with Crippen molar-refractivity contribution in [3.8, 4) is 0 Å². The van der Waals surface area contributed by atoms with E-state index in [2.05, 4.69) is 5.32 Å². The summed E-state index contributed by atoms with van der Waals surface area (Å²) in [6, 6.07) is 5.74. The minimum atomic E-state index is -4.32. The molecule has 9 heteroatoms. The fourth-order valence-electron chi connectivity index (χ4n) is 2.62. The van der Waals surface area contributed by atoms with Crippen molar-refractivity contribution < 1.29 is 27.5 Å². The van der Waals surface area contributed by atoms with Gasteiger partial charge in [-0.2, -0.15) is 13.2 Å². The molecule has 1 aromatic carbocycles. The van der Waals surface area contributed by atoms with Crippen molar-refractivity contribution in [3.05, 3.63) is 35.9 Å². The van der Waals surface area contributed by atoms with Crippen LogP contribution < -0.4 is 5.32 Å². The molecule has 1 fully saturated rings. The van der Waals surface area contributed by atoms with Gasteiger partial charge in [0.15, 0.2) is 0 Å². The molecule has 2 rings (SSSR count). The summed E-state index contributed by atoms with van der Waals surface area (Å²) >= 11 is -0.178. The molecule has 0 saturated carbocycles. The predicted molar refractivity (Wildman–Crippen MR) is 97.1 cm³/mol. The molecule has 1 heterocycles. The average Bonchev–Trinajstić information content (AvgIpc) is 2.61. The summed E-state index contributed by atoms with van der Waals surface area (Å²) in [5.41, 5.74) is -3.69. The zero-order chi connectivity index (χ0) is 19.9. The molecule has 2 amide bonds. The highest BCUT2D eigenvalue weighted by atomic mass is 32.2. The van der Waals surface area contributed by atoms with Crippen LogP contribution in [0.1, 0.15) is 25.3 Å². The second-order valence-corrected chi connectivity index (χ2v) is 7.06. The van der Waals surface area contributed by atoms with Gasteiger partial charge in [-0.25, -0.2) is 4.79 Å². The number of ether oxygens (including phenoxy) is 1. The van der Waals surface area contributed by atoms with Gasteiger partial charge in [-0.15, -0.1) is 0 Å². The van der Waals surface area contributed by atoms with Crippen LogP contribution in [0.25, 0.3) is 6.08 Å². The third kappa shape index (κ3) is 7.54. The summed E-state index contributed by atoms with van der Waals surface area (Å²) < 4.78 is 41.8. The molecule has 5 nitrogen and oxygen atoms in total. The van der Waals surface area contributed by atoms with Crippen LogP contribution in [-0.2, 0) is 9.53 Å². The molecule has 1 N–H and O–H groups in total. The van der Waals surface area contributed by atoms with Gasteiger partial charge in [0.05, 0.1) is 6.61 Å². The lowest BCUT2D eigenvalue weighted by molar-refractivity contribution is -0.117. The molecule has 0 bridgehead atoms. The largest absolute Gasteiger partial charge is 0.450 e. The van der Waals surface area contributed by atoms with E-state index in [9.17, 15) is 22.8 Å². The van der Waals surface area contributed by atoms with Crippen LogP contribution in [0.5, 0.6) is 0 Å². The van der Waals surface area contributed by atoms with Crippen LogP contribution in [0.2, 0.25) is 0 Å². The van der Waals surface area contributed by atoms with Crippen molar-refractivity contribution in [2.45, 2.75) is 36.2 Å². The van der Waals surface area contributed by atoms with Gasteiger partial charge < -0.3 is 15.0 Å². The van der Waals surface area contributed by atoms with Crippen molar-refractivity contribution >= 4 is 29.8 Å². The zero-order valence-electron chi connectivity index (χ0n) is 14.8. The highest BCUT2D eigenvalue weighted by Crippen LogP contribution is 2.36. The number of nitrogens with one attached hydrogen (secondary N) is 1. The van der Waals surface area contributed by atoms with Gasteiger partial charge in [0.2, 0.25) is 5.91 Å². The van der Waals surface area contributed by atoms with E-state index >= 15 is 0 Å². The molecule has 0 aromatic heterocycles. The van der Waals surface area contributed by atoms with Gasteiger partial charge in [-0.1, -0.05) is 12.1 Å². The van der Waals surface area contributed by atoms with E-state index in [1.165, 1.54) is 30.3 Å². The Balaban J connectivity index is 1.78. The van der Waals surface area contributed by atoms with Crippen molar-refractivity contribution in [1.82, 2.24) is 10.2 Å². The van der Waals surface area contributed by atoms with Gasteiger partial charge in [-0.3, -0.25) is 4.79 Å². The third-order valence-corrected chi connectivity index (χ3v) is 4.65. The van der Waals surface area contributed by atoms with E-state index in [0.717, 1.165) is 0 Å². The number of carbonyl (C=O) groups is 2. The maximum Gasteiger partial charge on any atom is 0.446 e. The first kappa shape index (κ1) is 21.1. The Kier molecular flexibility index (Phi) is 7.58. The summed E-state index contributed by atoms with van der Waals surface area (Å²) in [5, 5.41) is 2.87. The molecule has 1 aliphatic heterocycles. The topological polar surface area (TPSA) is 58.6 Å². The Morgan fingerprint density at radius 3 is 2.44 bits per heavy atom. The number of nitrogens with zero attached hydrogens (tertiary/aromatic N) is 1. The number of carbonyl (C=O) groups excluding carboxylic acids is 2. The zero-order valence-corrected chi connectivity index (χ0v) is 15.6. The van der Waals surface area contributed by atoms with Gasteiger partial charge in [0.1, 0.15) is 0 Å². The first-order chi connectivity index (χ1) is 12.8. The van der Waals surface area contributed by atoms with E-state index in [4.69, 9.17) is 4.74 Å². The predicted octanol–water partition coefficient (Wildman–Crippen LogP) is 4.05. The number of rotatable bonds is 5. The molecule has 0 radical (unpaired) electrons. The van der Waals surface area contributed by atoms with E-state index in [-0.39, 0.29) is 34.7 Å². The van der Waals surface area contributed by atoms with Crippen molar-refractivity contribution in [2.24, 2.45) is 0 Å². The monoisotopic (exact) mass is 402 g/mol. The molecule has 0 spiro atoms. The molecule has 0 aliphatic carbocycles. The van der Waals surface area contributed by atoms with Crippen LogP contribution in [0, 0.1) is 0 Å². The lowest BCUT2D eigenvalue weighted by Crippen LogP contribution is -2.46. The van der Waals surface area contributed by atoms with Crippen molar-refractivity contribution in [1.29, 1.82) is 0 Å². The van der Waals surface area contributed by atoms with Crippen molar-refractivity contribution in [2.75, 3.05) is 19.7 Å². The Labute approximate surface area is 159 Å². The second kappa shape index (κ2) is 9.68. The Morgan fingerprint density at radius 2 is 1.89 bits per heavy atom. The summed E-state index contributed by atoms with van der Waals surface area (Å²) in [6.07, 6.45) is 3.84. The Bertz CT molecular complexity index is 669. The number of hydrogen-bond donors (Lipinski definition) is 1. The second-order valence-electron chi connectivity index (χ2n) is 5.92. The number of amides is 2. The first-order valence-corrected chi connectivity index (χ1v) is 9.34. The number of halogens is 3. The normalized spacial score (nSPS) is 15.8. The Morgan fingerprint density at radius 1 is 1.26 bits per heavy atom. The highest BCUT2D eigenvalue weighted by molar-refractivity contribution is 8.00. The van der Waals surface area contributed by atoms with Crippen molar-refractivity contribution in [3.63, 3.8) is 0 Å². The number of thioether (sulfide) groups is 1. The maximum atomic E-state index is 12.3. The first-order valence-electron chi connectivity index (χ1n) is 8.53. The maximum absolute atomic E-state index is 12.3. The number of hydrogen-bond acceptors (Lipinski definition) is 4. The van der Waals surface area contributed by atoms with Gasteiger partial charge in [-0.05, 0) is 55.3 Å². The minimum absolute atomic E-state index is 0.0293. The molecule has 1 saturated heterocycles. The van der Waals surface area contributed by atoms with Crippen LogP contribution in [0.4, 0.5) is 18.0 Å². The molecule has 1 aliphatic rings. The molecular formula is C18H21F3N2O3S. The standard InChI is InChI=1S/C18H21F3N2O3S/c1-2-26-17(25)23-11-9-14(10-12-23)22-16(24)8-5-13-3-6-15(7-4-13)27-18(19,20)21/h3-8,14H,2,9-12H2,1H3,(H,22,24)/b8-5+. The average molecular weight is 402 g/mol. The Hall–Kier alpha value is -2.16. The third-order valence-electron chi connectivity index (χ3n) is 3.91. The van der Waals surface area contributed by atoms with E-state index < -0.39 is 5.51 Å².